The lowest BCUT2D eigenvalue weighted by molar-refractivity contribution is -0.205. The van der Waals surface area contributed by atoms with Crippen LogP contribution in [0.3, 0.4) is 0 Å². The second kappa shape index (κ2) is 12.7. The van der Waals surface area contributed by atoms with Crippen LogP contribution in [0.1, 0.15) is 132 Å². The van der Waals surface area contributed by atoms with E-state index < -0.39 is 34.7 Å². The molecular weight excluding hydrogens is 608 g/mol. The van der Waals surface area contributed by atoms with Crippen molar-refractivity contribution in [3.8, 4) is 0 Å². The Hall–Kier alpha value is -2.38. The molecule has 0 saturated heterocycles. The first-order valence-electron chi connectivity index (χ1n) is 18.6. The molecule has 5 saturated carbocycles. The minimum Gasteiger partial charge on any atom is -0.481 e. The van der Waals surface area contributed by atoms with Crippen LogP contribution in [-0.2, 0) is 28.7 Å². The Balaban J connectivity index is 1.33. The standard InChI is InChI=1S/C40H62O8/c1-23(2)24-14-18-40(22-47-34(45)36(3,4)20-31(41)42)19-15-25-26-11-13-29-38(7,8)30(48-35(46)37(5,6)21-32(43)44)16-17-39(29,9)28(26)12-10-27(25)33(24)40/h24-30,33H,1,10-22H2,2-9H3,(H,41,42)(H,43,44)/t24-,25?,26?,27?,28?,29?,30-,33?,39+,40-/m0/s1. The fourth-order valence-corrected chi connectivity index (χ4v) is 12.4. The van der Waals surface area contributed by atoms with Gasteiger partial charge in [-0.3, -0.25) is 19.2 Å². The van der Waals surface area contributed by atoms with Gasteiger partial charge in [-0.2, -0.15) is 0 Å². The van der Waals surface area contributed by atoms with Gasteiger partial charge in [0.2, 0.25) is 0 Å². The van der Waals surface area contributed by atoms with E-state index in [0.29, 0.717) is 48.0 Å². The van der Waals surface area contributed by atoms with E-state index in [-0.39, 0.29) is 35.2 Å². The average Bonchev–Trinajstić information content (AvgIpc) is 3.36. The molecule has 0 spiro atoms. The zero-order chi connectivity index (χ0) is 35.6. The van der Waals surface area contributed by atoms with Crippen molar-refractivity contribution in [2.24, 2.45) is 68.5 Å². The Morgan fingerprint density at radius 3 is 1.94 bits per heavy atom. The molecule has 10 atom stereocenters. The maximum atomic E-state index is 13.2. The molecule has 5 rings (SSSR count). The van der Waals surface area contributed by atoms with Gasteiger partial charge in [-0.1, -0.05) is 32.9 Å². The van der Waals surface area contributed by atoms with Crippen LogP contribution >= 0.6 is 0 Å². The second-order valence-corrected chi connectivity index (χ2v) is 19.0. The van der Waals surface area contributed by atoms with Crippen LogP contribution in [0.4, 0.5) is 0 Å². The molecule has 0 aromatic rings. The predicted octanol–water partition coefficient (Wildman–Crippen LogP) is 8.32. The number of carboxylic acids is 2. The second-order valence-electron chi connectivity index (χ2n) is 19.0. The number of carbonyl (C=O) groups is 4. The predicted molar refractivity (Wildman–Crippen MR) is 183 cm³/mol. The summed E-state index contributed by atoms with van der Waals surface area (Å²) in [5, 5.41) is 18.7. The first-order valence-corrected chi connectivity index (χ1v) is 18.6. The van der Waals surface area contributed by atoms with Crippen LogP contribution in [0.2, 0.25) is 0 Å². The van der Waals surface area contributed by atoms with Gasteiger partial charge >= 0.3 is 23.9 Å². The summed E-state index contributed by atoms with van der Waals surface area (Å²) in [6.45, 7) is 20.7. The number of esters is 2. The SMILES string of the molecule is C=C(C)[C@@H]1CC[C@@]2(COC(=O)C(C)(C)CC(=O)O)CCC3C(CCC4C3CCC3C(C)(C)[C@@H](OC(=O)C(C)(C)CC(=O)O)CC[C@]43C)C12. The average molecular weight is 671 g/mol. The molecule has 0 aliphatic heterocycles. The van der Waals surface area contributed by atoms with Gasteiger partial charge in [-0.25, -0.2) is 0 Å². The topological polar surface area (TPSA) is 127 Å². The third-order valence-electron chi connectivity index (χ3n) is 14.7. The van der Waals surface area contributed by atoms with Gasteiger partial charge < -0.3 is 19.7 Å². The largest absolute Gasteiger partial charge is 0.481 e. The summed E-state index contributed by atoms with van der Waals surface area (Å²) in [5.41, 5.74) is -1.03. The number of aliphatic carboxylic acids is 2. The molecule has 48 heavy (non-hydrogen) atoms. The van der Waals surface area contributed by atoms with Crippen LogP contribution in [-0.4, -0.2) is 46.8 Å². The molecule has 0 heterocycles. The van der Waals surface area contributed by atoms with E-state index in [1.54, 1.807) is 27.7 Å². The molecule has 0 bridgehead atoms. The quantitative estimate of drug-likeness (QED) is 0.176. The van der Waals surface area contributed by atoms with Crippen molar-refractivity contribution in [3.63, 3.8) is 0 Å². The molecule has 0 aromatic heterocycles. The number of hydrogen-bond donors (Lipinski definition) is 2. The van der Waals surface area contributed by atoms with Crippen LogP contribution < -0.4 is 0 Å². The molecule has 2 N–H and O–H groups in total. The molecule has 5 aliphatic rings. The van der Waals surface area contributed by atoms with E-state index in [2.05, 4.69) is 34.3 Å². The molecule has 5 aliphatic carbocycles. The Morgan fingerprint density at radius 1 is 0.750 bits per heavy atom. The molecule has 8 nitrogen and oxygen atoms in total. The maximum absolute atomic E-state index is 13.2. The van der Waals surface area contributed by atoms with E-state index in [0.717, 1.165) is 44.9 Å². The molecule has 6 unspecified atom stereocenters. The summed E-state index contributed by atoms with van der Waals surface area (Å²) >= 11 is 0. The normalized spacial score (nSPS) is 38.8. The first-order chi connectivity index (χ1) is 22.2. The lowest BCUT2D eigenvalue weighted by atomic mass is 9.40. The van der Waals surface area contributed by atoms with Crippen LogP contribution in [0, 0.1) is 68.5 Å². The van der Waals surface area contributed by atoms with Crippen molar-refractivity contribution in [1.29, 1.82) is 0 Å². The van der Waals surface area contributed by atoms with Crippen LogP contribution in [0.25, 0.3) is 0 Å². The summed E-state index contributed by atoms with van der Waals surface area (Å²) < 4.78 is 12.2. The Morgan fingerprint density at radius 2 is 1.33 bits per heavy atom. The van der Waals surface area contributed by atoms with Crippen molar-refractivity contribution in [1.82, 2.24) is 0 Å². The van der Waals surface area contributed by atoms with E-state index in [1.807, 2.05) is 0 Å². The van der Waals surface area contributed by atoms with Gasteiger partial charge in [-0.05, 0) is 146 Å². The fraction of sp³-hybridized carbons (Fsp3) is 0.850. The summed E-state index contributed by atoms with van der Waals surface area (Å²) in [4.78, 5) is 49.2. The smallest absolute Gasteiger partial charge is 0.312 e. The molecule has 0 aromatic carbocycles. The summed E-state index contributed by atoms with van der Waals surface area (Å²) in [6, 6.07) is 0. The van der Waals surface area contributed by atoms with Crippen molar-refractivity contribution < 1.29 is 38.9 Å². The summed E-state index contributed by atoms with van der Waals surface area (Å²) in [7, 11) is 0. The Labute approximate surface area is 288 Å². The van der Waals surface area contributed by atoms with E-state index >= 15 is 0 Å². The van der Waals surface area contributed by atoms with Gasteiger partial charge in [0, 0.05) is 10.8 Å². The number of fused-ring (bicyclic) bond motifs is 7. The minimum absolute atomic E-state index is 0.0774. The van der Waals surface area contributed by atoms with E-state index in [9.17, 15) is 29.4 Å². The molecule has 0 radical (unpaired) electrons. The zero-order valence-electron chi connectivity index (χ0n) is 30.9. The number of rotatable bonds is 10. The molecule has 8 heteroatoms. The zero-order valence-corrected chi connectivity index (χ0v) is 30.9. The molecular formula is C40H62O8. The lowest BCUT2D eigenvalue weighted by Gasteiger charge is -2.65. The van der Waals surface area contributed by atoms with Gasteiger partial charge in [0.15, 0.2) is 0 Å². The Kier molecular flexibility index (Phi) is 9.79. The lowest BCUT2D eigenvalue weighted by Crippen LogP contribution is -2.60. The van der Waals surface area contributed by atoms with Gasteiger partial charge in [0.05, 0.1) is 30.3 Å². The highest BCUT2D eigenvalue weighted by molar-refractivity contribution is 5.82. The van der Waals surface area contributed by atoms with Gasteiger partial charge in [0.25, 0.3) is 0 Å². The third kappa shape index (κ3) is 6.36. The van der Waals surface area contributed by atoms with E-state index in [4.69, 9.17) is 9.47 Å². The van der Waals surface area contributed by atoms with Crippen LogP contribution in [0.5, 0.6) is 0 Å². The Bertz CT molecular complexity index is 1310. The van der Waals surface area contributed by atoms with Crippen molar-refractivity contribution in [3.05, 3.63) is 12.2 Å². The monoisotopic (exact) mass is 670 g/mol. The molecule has 5 fully saturated rings. The number of hydrogen-bond acceptors (Lipinski definition) is 6. The minimum atomic E-state index is -1.07. The van der Waals surface area contributed by atoms with Crippen molar-refractivity contribution in [2.75, 3.05) is 6.61 Å². The van der Waals surface area contributed by atoms with Crippen LogP contribution in [0.15, 0.2) is 12.2 Å². The van der Waals surface area contributed by atoms with Crippen molar-refractivity contribution in [2.45, 2.75) is 139 Å². The summed E-state index contributed by atoms with van der Waals surface area (Å²) in [5.74, 6) is 0.921. The molecule has 0 amide bonds. The third-order valence-corrected chi connectivity index (χ3v) is 14.7. The number of allylic oxidation sites excluding steroid dienone is 1. The maximum Gasteiger partial charge on any atom is 0.312 e. The highest BCUT2D eigenvalue weighted by Crippen LogP contribution is 2.70. The summed E-state index contributed by atoms with van der Waals surface area (Å²) in [6.07, 6.45) is 10.0. The first kappa shape index (κ1) is 36.9. The number of ether oxygens (including phenoxy) is 2. The number of carbonyl (C=O) groups excluding carboxylic acids is 2. The van der Waals surface area contributed by atoms with Crippen molar-refractivity contribution >= 4 is 23.9 Å². The highest BCUT2D eigenvalue weighted by Gasteiger charge is 2.64. The fourth-order valence-electron chi connectivity index (χ4n) is 12.4. The number of carboxylic acid groups (broad SMARTS) is 2. The molecule has 270 valence electrons. The van der Waals surface area contributed by atoms with E-state index in [1.165, 1.54) is 24.8 Å². The van der Waals surface area contributed by atoms with Gasteiger partial charge in [0.1, 0.15) is 6.10 Å². The highest BCUT2D eigenvalue weighted by atomic mass is 16.5. The van der Waals surface area contributed by atoms with Gasteiger partial charge in [-0.15, -0.1) is 0 Å².